The number of benzene rings is 1. The van der Waals surface area contributed by atoms with Crippen LogP contribution in [0.3, 0.4) is 0 Å². The van der Waals surface area contributed by atoms with E-state index in [1.807, 2.05) is 38.1 Å². The molecule has 27 heavy (non-hydrogen) atoms. The molecule has 2 aromatic rings. The Kier molecular flexibility index (Phi) is 6.85. The van der Waals surface area contributed by atoms with E-state index in [1.165, 1.54) is 30.6 Å². The van der Waals surface area contributed by atoms with Gasteiger partial charge < -0.3 is 10.1 Å². The minimum Gasteiger partial charge on any atom is -0.494 e. The fourth-order valence-electron chi connectivity index (χ4n) is 3.47. The van der Waals surface area contributed by atoms with Gasteiger partial charge in [-0.1, -0.05) is 6.42 Å². The normalized spacial score (nSPS) is 17.7. The molecule has 1 aliphatic heterocycles. The molecule has 0 spiro atoms. The van der Waals surface area contributed by atoms with Gasteiger partial charge in [0, 0.05) is 24.7 Å². The van der Waals surface area contributed by atoms with Crippen molar-refractivity contribution in [2.45, 2.75) is 46.1 Å². The van der Waals surface area contributed by atoms with Crippen molar-refractivity contribution in [2.24, 2.45) is 0 Å². The topological polar surface area (TPSA) is 54.5 Å². The van der Waals surface area contributed by atoms with E-state index in [1.54, 1.807) is 0 Å². The summed E-state index contributed by atoms with van der Waals surface area (Å²) in [4.78, 5) is 20.4. The van der Waals surface area contributed by atoms with Crippen molar-refractivity contribution in [1.82, 2.24) is 15.2 Å². The zero-order valence-electron chi connectivity index (χ0n) is 16.5. The highest BCUT2D eigenvalue weighted by atomic mass is 32.1. The molecule has 1 amide bonds. The van der Waals surface area contributed by atoms with E-state index in [0.717, 1.165) is 35.1 Å². The van der Waals surface area contributed by atoms with Crippen LogP contribution in [0, 0.1) is 6.92 Å². The van der Waals surface area contributed by atoms with Gasteiger partial charge in [-0.3, -0.25) is 9.69 Å². The SMILES string of the molecule is CCOc1ccc(-c2nc(C)c(C(=O)NCCN3CCCCC3C)s2)cc1. The molecule has 6 heteroatoms. The average Bonchev–Trinajstić information content (AvgIpc) is 3.06. The third-order valence-electron chi connectivity index (χ3n) is 5.04. The first kappa shape index (κ1) is 19.8. The molecule has 1 aliphatic rings. The van der Waals surface area contributed by atoms with E-state index in [2.05, 4.69) is 22.1 Å². The van der Waals surface area contributed by atoms with Gasteiger partial charge in [0.05, 0.1) is 12.3 Å². The van der Waals surface area contributed by atoms with Crippen LogP contribution in [-0.2, 0) is 0 Å². The summed E-state index contributed by atoms with van der Waals surface area (Å²) < 4.78 is 5.48. The Hall–Kier alpha value is -1.92. The molecule has 1 N–H and O–H groups in total. The number of nitrogens with zero attached hydrogens (tertiary/aromatic N) is 2. The fourth-order valence-corrected chi connectivity index (χ4v) is 4.46. The highest BCUT2D eigenvalue weighted by molar-refractivity contribution is 7.17. The largest absolute Gasteiger partial charge is 0.494 e. The van der Waals surface area contributed by atoms with Crippen molar-refractivity contribution in [1.29, 1.82) is 0 Å². The Morgan fingerprint density at radius 1 is 1.33 bits per heavy atom. The summed E-state index contributed by atoms with van der Waals surface area (Å²) in [5, 5.41) is 3.93. The predicted molar refractivity (Wildman–Crippen MR) is 111 cm³/mol. The molecule has 0 saturated carbocycles. The number of nitrogens with one attached hydrogen (secondary N) is 1. The van der Waals surface area contributed by atoms with Crippen molar-refractivity contribution >= 4 is 17.2 Å². The second-order valence-corrected chi connectivity index (χ2v) is 8.03. The second-order valence-electron chi connectivity index (χ2n) is 7.03. The Labute approximate surface area is 165 Å². The van der Waals surface area contributed by atoms with Crippen molar-refractivity contribution in [3.8, 4) is 16.3 Å². The number of ether oxygens (including phenoxy) is 1. The Morgan fingerprint density at radius 2 is 2.11 bits per heavy atom. The standard InChI is InChI=1S/C21H29N3O2S/c1-4-26-18-10-8-17(9-11-18)21-23-16(3)19(27-21)20(25)22-12-14-24-13-6-5-7-15(24)2/h8-11,15H,4-7,12-14H2,1-3H3,(H,22,25). The molecule has 1 aromatic carbocycles. The number of likely N-dealkylation sites (tertiary alicyclic amines) is 1. The van der Waals surface area contributed by atoms with Gasteiger partial charge in [-0.2, -0.15) is 0 Å². The quantitative estimate of drug-likeness (QED) is 0.776. The third-order valence-corrected chi connectivity index (χ3v) is 6.25. The Bertz CT molecular complexity index is 757. The Morgan fingerprint density at radius 3 is 2.81 bits per heavy atom. The number of aryl methyl sites for hydroxylation is 1. The van der Waals surface area contributed by atoms with Crippen LogP contribution in [0.25, 0.3) is 10.6 Å². The molecule has 0 aliphatic carbocycles. The predicted octanol–water partition coefficient (Wildman–Crippen LogP) is 4.12. The van der Waals surface area contributed by atoms with E-state index < -0.39 is 0 Å². The number of carbonyl (C=O) groups is 1. The minimum absolute atomic E-state index is 0.0214. The number of amides is 1. The number of rotatable bonds is 7. The van der Waals surface area contributed by atoms with E-state index in [9.17, 15) is 4.79 Å². The van der Waals surface area contributed by atoms with Crippen molar-refractivity contribution < 1.29 is 9.53 Å². The highest BCUT2D eigenvalue weighted by Gasteiger charge is 2.19. The number of hydrogen-bond donors (Lipinski definition) is 1. The Balaban J connectivity index is 1.59. The van der Waals surface area contributed by atoms with E-state index in [0.29, 0.717) is 24.1 Å². The van der Waals surface area contributed by atoms with Gasteiger partial charge in [0.1, 0.15) is 15.6 Å². The molecule has 5 nitrogen and oxygen atoms in total. The molecule has 146 valence electrons. The van der Waals surface area contributed by atoms with Crippen LogP contribution in [-0.4, -0.2) is 48.1 Å². The first-order chi connectivity index (χ1) is 13.1. The van der Waals surface area contributed by atoms with Crippen LogP contribution in [0.4, 0.5) is 0 Å². The van der Waals surface area contributed by atoms with Crippen molar-refractivity contribution in [3.05, 3.63) is 34.8 Å². The maximum atomic E-state index is 12.6. The number of carbonyl (C=O) groups excluding carboxylic acids is 1. The second kappa shape index (κ2) is 9.33. The lowest BCUT2D eigenvalue weighted by atomic mass is 10.0. The first-order valence-electron chi connectivity index (χ1n) is 9.81. The minimum atomic E-state index is -0.0214. The molecular weight excluding hydrogens is 358 g/mol. The lowest BCUT2D eigenvalue weighted by Gasteiger charge is -2.33. The van der Waals surface area contributed by atoms with Crippen LogP contribution in [0.2, 0.25) is 0 Å². The number of aromatic nitrogens is 1. The van der Waals surface area contributed by atoms with Gasteiger partial charge in [0.2, 0.25) is 0 Å². The molecule has 3 rings (SSSR count). The monoisotopic (exact) mass is 387 g/mol. The molecule has 1 fully saturated rings. The number of thiazole rings is 1. The molecular formula is C21H29N3O2S. The first-order valence-corrected chi connectivity index (χ1v) is 10.6. The molecule has 2 heterocycles. The van der Waals surface area contributed by atoms with Crippen molar-refractivity contribution in [3.63, 3.8) is 0 Å². The average molecular weight is 388 g/mol. The number of piperidine rings is 1. The van der Waals surface area contributed by atoms with Crippen LogP contribution in [0.5, 0.6) is 5.75 Å². The third kappa shape index (κ3) is 5.08. The smallest absolute Gasteiger partial charge is 0.263 e. The van der Waals surface area contributed by atoms with Crippen LogP contribution < -0.4 is 10.1 Å². The summed E-state index contributed by atoms with van der Waals surface area (Å²) in [6.45, 7) is 9.52. The van der Waals surface area contributed by atoms with Crippen molar-refractivity contribution in [2.75, 3.05) is 26.2 Å². The van der Waals surface area contributed by atoms with Gasteiger partial charge in [0.25, 0.3) is 5.91 Å². The molecule has 1 unspecified atom stereocenters. The van der Waals surface area contributed by atoms with E-state index >= 15 is 0 Å². The number of hydrogen-bond acceptors (Lipinski definition) is 5. The maximum absolute atomic E-state index is 12.6. The summed E-state index contributed by atoms with van der Waals surface area (Å²) in [5.41, 5.74) is 1.79. The molecule has 0 bridgehead atoms. The van der Waals surface area contributed by atoms with Gasteiger partial charge in [0.15, 0.2) is 0 Å². The van der Waals surface area contributed by atoms with Gasteiger partial charge in [-0.05, 0) is 64.4 Å². The fraction of sp³-hybridized carbons (Fsp3) is 0.524. The lowest BCUT2D eigenvalue weighted by Crippen LogP contribution is -2.42. The summed E-state index contributed by atoms with van der Waals surface area (Å²) in [6.07, 6.45) is 3.84. The maximum Gasteiger partial charge on any atom is 0.263 e. The van der Waals surface area contributed by atoms with Gasteiger partial charge in [-0.15, -0.1) is 11.3 Å². The van der Waals surface area contributed by atoms with E-state index in [-0.39, 0.29) is 5.91 Å². The summed E-state index contributed by atoms with van der Waals surface area (Å²) >= 11 is 1.45. The lowest BCUT2D eigenvalue weighted by molar-refractivity contribution is 0.0941. The molecule has 0 radical (unpaired) electrons. The summed E-state index contributed by atoms with van der Waals surface area (Å²) in [5.74, 6) is 0.825. The molecule has 1 saturated heterocycles. The van der Waals surface area contributed by atoms with Crippen LogP contribution in [0.15, 0.2) is 24.3 Å². The van der Waals surface area contributed by atoms with Gasteiger partial charge in [-0.25, -0.2) is 4.98 Å². The van der Waals surface area contributed by atoms with E-state index in [4.69, 9.17) is 4.74 Å². The molecule has 1 atom stereocenters. The summed E-state index contributed by atoms with van der Waals surface area (Å²) in [6, 6.07) is 8.47. The zero-order chi connectivity index (χ0) is 19.2. The summed E-state index contributed by atoms with van der Waals surface area (Å²) in [7, 11) is 0. The van der Waals surface area contributed by atoms with Crippen LogP contribution >= 0.6 is 11.3 Å². The molecule has 1 aromatic heterocycles. The highest BCUT2D eigenvalue weighted by Crippen LogP contribution is 2.29. The van der Waals surface area contributed by atoms with Crippen LogP contribution in [0.1, 0.15) is 48.5 Å². The van der Waals surface area contributed by atoms with Gasteiger partial charge >= 0.3 is 0 Å². The zero-order valence-corrected chi connectivity index (χ0v) is 17.3.